The Morgan fingerprint density at radius 2 is 2.23 bits per heavy atom. The Bertz CT molecular complexity index is 719. The number of nitrogens with one attached hydrogen (secondary N) is 1. The summed E-state index contributed by atoms with van der Waals surface area (Å²) in [6.45, 7) is 3.93. The van der Waals surface area contributed by atoms with E-state index in [4.69, 9.17) is 5.73 Å². The van der Waals surface area contributed by atoms with Gasteiger partial charge in [-0.05, 0) is 31.1 Å². The second-order valence-corrected chi connectivity index (χ2v) is 5.56. The number of aromatic nitrogens is 2. The molecule has 0 atom stereocenters. The highest BCUT2D eigenvalue weighted by Gasteiger charge is 2.14. The highest BCUT2D eigenvalue weighted by molar-refractivity contribution is 5.87. The average Bonchev–Trinajstić information content (AvgIpc) is 3.16. The maximum atomic E-state index is 6.12. The average molecular weight is 295 g/mol. The number of nitrogens with two attached hydrogens (primary N) is 1. The van der Waals surface area contributed by atoms with Gasteiger partial charge >= 0.3 is 0 Å². The Morgan fingerprint density at radius 1 is 1.41 bits per heavy atom. The quantitative estimate of drug-likeness (QED) is 0.833. The summed E-state index contributed by atoms with van der Waals surface area (Å²) in [6.07, 6.45) is 12.1. The van der Waals surface area contributed by atoms with Gasteiger partial charge in [-0.1, -0.05) is 25.5 Å². The lowest BCUT2D eigenvalue weighted by Crippen LogP contribution is -2.23. The summed E-state index contributed by atoms with van der Waals surface area (Å²) < 4.78 is 1.80. The summed E-state index contributed by atoms with van der Waals surface area (Å²) in [7, 11) is 0. The van der Waals surface area contributed by atoms with Gasteiger partial charge in [-0.15, -0.1) is 0 Å². The predicted molar refractivity (Wildman–Crippen MR) is 90.4 cm³/mol. The summed E-state index contributed by atoms with van der Waals surface area (Å²) >= 11 is 0. The molecule has 0 bridgehead atoms. The van der Waals surface area contributed by atoms with Crippen molar-refractivity contribution in [2.45, 2.75) is 31.7 Å². The number of pyridine rings is 1. The molecule has 0 aliphatic heterocycles. The van der Waals surface area contributed by atoms with E-state index in [1.165, 1.54) is 25.7 Å². The molecule has 0 saturated heterocycles. The number of hydrogen-bond acceptors (Lipinski definition) is 4. The van der Waals surface area contributed by atoms with Crippen molar-refractivity contribution in [2.24, 2.45) is 10.7 Å². The molecule has 2 heterocycles. The monoisotopic (exact) mass is 295 g/mol. The lowest BCUT2D eigenvalue weighted by atomic mass is 10.2. The van der Waals surface area contributed by atoms with Gasteiger partial charge < -0.3 is 11.1 Å². The zero-order valence-corrected chi connectivity index (χ0v) is 12.6. The molecule has 0 spiro atoms. The minimum absolute atomic E-state index is 0.519. The molecule has 0 unspecified atom stereocenters. The fourth-order valence-electron chi connectivity index (χ4n) is 2.80. The van der Waals surface area contributed by atoms with Crippen molar-refractivity contribution in [2.75, 3.05) is 0 Å². The largest absolute Gasteiger partial charge is 0.398 e. The van der Waals surface area contributed by atoms with Crippen molar-refractivity contribution in [1.82, 2.24) is 14.9 Å². The van der Waals surface area contributed by atoms with Crippen LogP contribution in [0.25, 0.3) is 11.2 Å². The third-order valence-corrected chi connectivity index (χ3v) is 3.95. The van der Waals surface area contributed by atoms with Crippen LogP contribution in [0.2, 0.25) is 0 Å². The number of nitrogens with zero attached hydrogens (tertiary/aromatic N) is 3. The van der Waals surface area contributed by atoms with E-state index >= 15 is 0 Å². The van der Waals surface area contributed by atoms with Gasteiger partial charge in [0.05, 0.1) is 11.7 Å². The normalized spacial score (nSPS) is 16.6. The van der Waals surface area contributed by atoms with E-state index in [1.807, 2.05) is 24.4 Å². The molecule has 5 nitrogen and oxygen atoms in total. The fourth-order valence-corrected chi connectivity index (χ4v) is 2.80. The molecule has 0 amide bonds. The Balaban J connectivity index is 1.66. The van der Waals surface area contributed by atoms with Crippen LogP contribution in [0, 0.1) is 0 Å². The summed E-state index contributed by atoms with van der Waals surface area (Å²) in [5, 5.41) is 7.61. The van der Waals surface area contributed by atoms with Crippen LogP contribution in [-0.4, -0.2) is 21.9 Å². The molecular weight excluding hydrogens is 274 g/mol. The number of aliphatic imine (C=N–C) groups is 1. The zero-order chi connectivity index (χ0) is 15.4. The first-order valence-corrected chi connectivity index (χ1v) is 7.62. The fraction of sp³-hybridized carbons (Fsp3) is 0.294. The molecule has 1 aliphatic rings. The van der Waals surface area contributed by atoms with Gasteiger partial charge in [0.1, 0.15) is 5.82 Å². The summed E-state index contributed by atoms with van der Waals surface area (Å²) in [4.78, 5) is 4.30. The Hall–Kier alpha value is -2.56. The predicted octanol–water partition coefficient (Wildman–Crippen LogP) is 2.71. The Kier molecular flexibility index (Phi) is 4.23. The van der Waals surface area contributed by atoms with Crippen LogP contribution in [0.3, 0.4) is 0 Å². The van der Waals surface area contributed by atoms with Gasteiger partial charge in [-0.3, -0.25) is 0 Å². The van der Waals surface area contributed by atoms with Crippen LogP contribution in [0.5, 0.6) is 0 Å². The maximum absolute atomic E-state index is 6.12. The molecular formula is C17H21N5. The molecule has 3 rings (SSSR count). The third kappa shape index (κ3) is 3.19. The van der Waals surface area contributed by atoms with Crippen molar-refractivity contribution >= 4 is 17.4 Å². The third-order valence-electron chi connectivity index (χ3n) is 3.95. The number of allylic oxidation sites excluding steroid dienone is 1. The van der Waals surface area contributed by atoms with E-state index in [2.05, 4.69) is 22.0 Å². The first kappa shape index (κ1) is 14.4. The van der Waals surface area contributed by atoms with Gasteiger partial charge in [0, 0.05) is 29.7 Å². The molecule has 22 heavy (non-hydrogen) atoms. The SMILES string of the molecule is C=C(N=C/C=C(\N)c1cnn2ccccc12)NC1CCCC1. The van der Waals surface area contributed by atoms with Crippen LogP contribution < -0.4 is 11.1 Å². The molecule has 114 valence electrons. The van der Waals surface area contributed by atoms with E-state index < -0.39 is 0 Å². The first-order valence-electron chi connectivity index (χ1n) is 7.62. The minimum atomic E-state index is 0.519. The molecule has 1 saturated carbocycles. The van der Waals surface area contributed by atoms with E-state index in [1.54, 1.807) is 23.0 Å². The maximum Gasteiger partial charge on any atom is 0.118 e. The smallest absolute Gasteiger partial charge is 0.118 e. The number of rotatable bonds is 5. The Labute approximate surface area is 130 Å². The first-order chi connectivity index (χ1) is 10.7. The van der Waals surface area contributed by atoms with Crippen molar-refractivity contribution in [3.63, 3.8) is 0 Å². The highest BCUT2D eigenvalue weighted by Crippen LogP contribution is 2.18. The van der Waals surface area contributed by atoms with Crippen LogP contribution >= 0.6 is 0 Å². The van der Waals surface area contributed by atoms with Crippen molar-refractivity contribution in [3.05, 3.63) is 54.6 Å². The minimum Gasteiger partial charge on any atom is -0.398 e. The zero-order valence-electron chi connectivity index (χ0n) is 12.6. The van der Waals surface area contributed by atoms with E-state index in [9.17, 15) is 0 Å². The van der Waals surface area contributed by atoms with Crippen LogP contribution in [0.1, 0.15) is 31.2 Å². The second-order valence-electron chi connectivity index (χ2n) is 5.56. The van der Waals surface area contributed by atoms with Crippen molar-refractivity contribution in [1.29, 1.82) is 0 Å². The molecule has 1 fully saturated rings. The summed E-state index contributed by atoms with van der Waals surface area (Å²) in [6, 6.07) is 6.41. The Morgan fingerprint density at radius 3 is 3.05 bits per heavy atom. The van der Waals surface area contributed by atoms with Gasteiger partial charge in [0.2, 0.25) is 0 Å². The van der Waals surface area contributed by atoms with Gasteiger partial charge in [0.15, 0.2) is 0 Å². The lowest BCUT2D eigenvalue weighted by Gasteiger charge is -2.11. The van der Waals surface area contributed by atoms with Gasteiger partial charge in [-0.2, -0.15) is 5.10 Å². The van der Waals surface area contributed by atoms with Crippen molar-refractivity contribution in [3.8, 4) is 0 Å². The van der Waals surface area contributed by atoms with Crippen molar-refractivity contribution < 1.29 is 0 Å². The highest BCUT2D eigenvalue weighted by atomic mass is 15.2. The lowest BCUT2D eigenvalue weighted by molar-refractivity contribution is 0.583. The molecule has 0 aromatic carbocycles. The van der Waals surface area contributed by atoms with E-state index in [0.29, 0.717) is 17.6 Å². The van der Waals surface area contributed by atoms with E-state index in [0.717, 1.165) is 11.1 Å². The van der Waals surface area contributed by atoms with Gasteiger partial charge in [-0.25, -0.2) is 9.51 Å². The molecule has 2 aromatic rings. The van der Waals surface area contributed by atoms with Crippen LogP contribution in [-0.2, 0) is 0 Å². The number of fused-ring (bicyclic) bond motifs is 1. The summed E-state index contributed by atoms with van der Waals surface area (Å²) in [5.74, 6) is 0.691. The number of hydrogen-bond donors (Lipinski definition) is 2. The molecule has 2 aromatic heterocycles. The molecule has 0 radical (unpaired) electrons. The molecule has 5 heteroatoms. The summed E-state index contributed by atoms with van der Waals surface area (Å²) in [5.41, 5.74) is 8.64. The second kappa shape index (κ2) is 6.47. The molecule has 1 aliphatic carbocycles. The van der Waals surface area contributed by atoms with E-state index in [-0.39, 0.29) is 0 Å². The van der Waals surface area contributed by atoms with Gasteiger partial charge in [0.25, 0.3) is 0 Å². The van der Waals surface area contributed by atoms with Crippen LogP contribution in [0.15, 0.2) is 54.1 Å². The molecule has 3 N–H and O–H groups in total. The topological polar surface area (TPSA) is 67.7 Å². The van der Waals surface area contributed by atoms with Crippen LogP contribution in [0.4, 0.5) is 0 Å². The standard InChI is InChI=1S/C17H21N5/c1-13(21-14-6-2-3-7-14)19-10-9-16(18)15-12-20-22-11-5-4-8-17(15)22/h4-5,8-12,14,21H,1-3,6-7,18H2/b16-9-,19-10?.